The number of amides is 1. The van der Waals surface area contributed by atoms with Gasteiger partial charge >= 0.3 is 6.09 Å². The second-order valence-electron chi connectivity index (χ2n) is 11.0. The molecule has 1 aromatic heterocycles. The minimum absolute atomic E-state index is 0.0969. The first-order valence-electron chi connectivity index (χ1n) is 12.9. The van der Waals surface area contributed by atoms with Gasteiger partial charge in [0.25, 0.3) is 0 Å². The molecule has 0 saturated carbocycles. The minimum Gasteiger partial charge on any atom is -0.480 e. The van der Waals surface area contributed by atoms with E-state index in [9.17, 15) is 4.79 Å². The van der Waals surface area contributed by atoms with E-state index in [4.69, 9.17) is 37.7 Å². The number of benzene rings is 2. The van der Waals surface area contributed by atoms with Gasteiger partial charge in [0.2, 0.25) is 11.8 Å². The lowest BCUT2D eigenvalue weighted by atomic mass is 9.73. The normalized spacial score (nSPS) is 18.1. The van der Waals surface area contributed by atoms with Crippen LogP contribution in [0, 0.1) is 5.41 Å². The zero-order chi connectivity index (χ0) is 27.8. The number of rotatable bonds is 5. The molecule has 0 bridgehead atoms. The van der Waals surface area contributed by atoms with E-state index in [0.717, 1.165) is 42.1 Å². The summed E-state index contributed by atoms with van der Waals surface area (Å²) in [6.07, 6.45) is 4.06. The van der Waals surface area contributed by atoms with Crippen LogP contribution < -0.4 is 15.0 Å². The molecule has 1 spiro atoms. The molecule has 0 radical (unpaired) electrons. The fourth-order valence-corrected chi connectivity index (χ4v) is 6.84. The molecule has 3 aromatic rings. The average molecular weight is 588 g/mol. The van der Waals surface area contributed by atoms with E-state index in [-0.39, 0.29) is 17.6 Å². The minimum atomic E-state index is -0.558. The van der Waals surface area contributed by atoms with E-state index in [0.29, 0.717) is 21.9 Å². The van der Waals surface area contributed by atoms with Crippen LogP contribution in [0.5, 0.6) is 5.88 Å². The van der Waals surface area contributed by atoms with E-state index >= 15 is 0 Å². The lowest BCUT2D eigenvalue weighted by molar-refractivity contribution is 0.0428. The van der Waals surface area contributed by atoms with Crippen molar-refractivity contribution in [2.45, 2.75) is 61.5 Å². The fraction of sp³-hybridized carbons (Fsp3) is 0.414. The number of ether oxygens (including phenoxy) is 2. The zero-order valence-electron chi connectivity index (χ0n) is 22.5. The second kappa shape index (κ2) is 11.1. The van der Waals surface area contributed by atoms with Gasteiger partial charge in [0.1, 0.15) is 5.60 Å². The number of carbonyl (C=O) groups is 1. The highest BCUT2D eigenvalue weighted by Gasteiger charge is 2.49. The van der Waals surface area contributed by atoms with Gasteiger partial charge in [-0.25, -0.2) is 9.78 Å². The summed E-state index contributed by atoms with van der Waals surface area (Å²) in [6, 6.07) is 13.8. The van der Waals surface area contributed by atoms with Crippen LogP contribution in [0.25, 0.3) is 0 Å². The predicted octanol–water partition coefficient (Wildman–Crippen LogP) is 7.35. The summed E-state index contributed by atoms with van der Waals surface area (Å²) in [4.78, 5) is 26.0. The highest BCUT2D eigenvalue weighted by atomic mass is 35.5. The Balaban J connectivity index is 1.33. The molecule has 5 rings (SSSR count). The number of hydrogen-bond acceptors (Lipinski definition) is 7. The van der Waals surface area contributed by atoms with Gasteiger partial charge in [-0.1, -0.05) is 65.3 Å². The van der Waals surface area contributed by atoms with Crippen LogP contribution in [0.2, 0.25) is 10.0 Å². The highest BCUT2D eigenvalue weighted by molar-refractivity contribution is 7.99. The van der Waals surface area contributed by atoms with E-state index in [2.05, 4.69) is 33.4 Å². The van der Waals surface area contributed by atoms with Crippen molar-refractivity contribution in [3.05, 3.63) is 69.8 Å². The number of methoxy groups -OCH3 is 1. The van der Waals surface area contributed by atoms with Crippen molar-refractivity contribution in [2.24, 2.45) is 5.41 Å². The SMILES string of the molecule is COc1nc(N2CCC3(CC2)Cc2ccccc2[C@H]3NC(=O)OC(C)(C)C)ncc1Sc1cccc(Cl)c1Cl. The van der Waals surface area contributed by atoms with Crippen molar-refractivity contribution in [3.8, 4) is 5.88 Å². The molecule has 10 heteroatoms. The number of fused-ring (bicyclic) bond motifs is 1. The monoisotopic (exact) mass is 586 g/mol. The Hall–Kier alpha value is -2.68. The Morgan fingerprint density at radius 1 is 1.10 bits per heavy atom. The molecule has 0 unspecified atom stereocenters. The molecule has 1 saturated heterocycles. The number of aromatic nitrogens is 2. The molecule has 1 aliphatic carbocycles. The molecule has 1 N–H and O–H groups in total. The third-order valence-electron chi connectivity index (χ3n) is 7.26. The molecule has 2 heterocycles. The van der Waals surface area contributed by atoms with Crippen LogP contribution in [0.3, 0.4) is 0 Å². The van der Waals surface area contributed by atoms with Gasteiger partial charge in [-0.15, -0.1) is 0 Å². The molecule has 2 aromatic carbocycles. The summed E-state index contributed by atoms with van der Waals surface area (Å²) in [5.74, 6) is 1.11. The molecule has 7 nitrogen and oxygen atoms in total. The number of piperidine rings is 1. The van der Waals surface area contributed by atoms with Gasteiger partial charge in [-0.3, -0.25) is 0 Å². The molecule has 39 heavy (non-hydrogen) atoms. The van der Waals surface area contributed by atoms with Crippen molar-refractivity contribution >= 4 is 47.0 Å². The number of nitrogens with one attached hydrogen (secondary N) is 1. The third kappa shape index (κ3) is 5.93. The summed E-state index contributed by atoms with van der Waals surface area (Å²) in [7, 11) is 1.60. The number of hydrogen-bond donors (Lipinski definition) is 1. The number of halogens is 2. The molecule has 1 aliphatic heterocycles. The predicted molar refractivity (Wildman–Crippen MR) is 155 cm³/mol. The van der Waals surface area contributed by atoms with Gasteiger partial charge < -0.3 is 19.7 Å². The van der Waals surface area contributed by atoms with Gasteiger partial charge in [0.05, 0.1) is 34.3 Å². The maximum atomic E-state index is 12.8. The van der Waals surface area contributed by atoms with Crippen molar-refractivity contribution in [1.29, 1.82) is 0 Å². The summed E-state index contributed by atoms with van der Waals surface area (Å²) in [6.45, 7) is 7.16. The summed E-state index contributed by atoms with van der Waals surface area (Å²) < 4.78 is 11.2. The Morgan fingerprint density at radius 2 is 1.85 bits per heavy atom. The number of carbonyl (C=O) groups excluding carboxylic acids is 1. The van der Waals surface area contributed by atoms with Gasteiger partial charge in [-0.2, -0.15) is 4.98 Å². The first kappa shape index (κ1) is 27.9. The van der Waals surface area contributed by atoms with E-state index in [1.165, 1.54) is 22.9 Å². The Kier molecular flexibility index (Phi) is 7.91. The van der Waals surface area contributed by atoms with Crippen molar-refractivity contribution in [3.63, 3.8) is 0 Å². The van der Waals surface area contributed by atoms with E-state index in [1.807, 2.05) is 39.0 Å². The highest BCUT2D eigenvalue weighted by Crippen LogP contribution is 2.52. The molecule has 1 fully saturated rings. The molecule has 1 atom stereocenters. The van der Waals surface area contributed by atoms with Gasteiger partial charge in [0.15, 0.2) is 0 Å². The van der Waals surface area contributed by atoms with Crippen LogP contribution in [-0.2, 0) is 11.2 Å². The largest absolute Gasteiger partial charge is 0.480 e. The topological polar surface area (TPSA) is 76.6 Å². The Bertz CT molecular complexity index is 1370. The average Bonchev–Trinajstić information content (AvgIpc) is 3.18. The first-order chi connectivity index (χ1) is 18.6. The van der Waals surface area contributed by atoms with Crippen LogP contribution in [0.15, 0.2) is 58.5 Å². The lowest BCUT2D eigenvalue weighted by Crippen LogP contribution is -2.48. The fourth-order valence-electron chi connectivity index (χ4n) is 5.46. The van der Waals surface area contributed by atoms with E-state index < -0.39 is 5.60 Å². The Labute approximate surface area is 243 Å². The Morgan fingerprint density at radius 3 is 2.56 bits per heavy atom. The number of nitrogens with zero attached hydrogens (tertiary/aromatic N) is 3. The molecule has 1 amide bonds. The smallest absolute Gasteiger partial charge is 0.408 e. The maximum absolute atomic E-state index is 12.8. The second-order valence-corrected chi connectivity index (χ2v) is 12.9. The van der Waals surface area contributed by atoms with Crippen molar-refractivity contribution in [1.82, 2.24) is 15.3 Å². The molecular formula is C29H32Cl2N4O3S. The quantitative estimate of drug-likeness (QED) is 0.335. The summed E-state index contributed by atoms with van der Waals surface area (Å²) in [5.41, 5.74) is 1.81. The molecular weight excluding hydrogens is 555 g/mol. The zero-order valence-corrected chi connectivity index (χ0v) is 24.8. The van der Waals surface area contributed by atoms with Crippen LogP contribution in [-0.4, -0.2) is 41.9 Å². The lowest BCUT2D eigenvalue weighted by Gasteiger charge is -2.43. The molecule has 2 aliphatic rings. The molecule has 206 valence electrons. The third-order valence-corrected chi connectivity index (χ3v) is 9.25. The van der Waals surface area contributed by atoms with Crippen LogP contribution in [0.4, 0.5) is 10.7 Å². The van der Waals surface area contributed by atoms with Crippen LogP contribution >= 0.6 is 35.0 Å². The van der Waals surface area contributed by atoms with Gasteiger partial charge in [-0.05, 0) is 63.3 Å². The standard InChI is InChI=1S/C29H32Cl2N4O3S/c1-28(2,3)38-27(36)33-24-19-9-6-5-8-18(19)16-29(24)12-14-35(15-13-29)26-32-17-22(25(34-26)37-4)39-21-11-7-10-20(30)23(21)31/h5-11,17,24H,12-16H2,1-4H3,(H,33,36)/t24-/m1/s1. The first-order valence-corrected chi connectivity index (χ1v) is 14.5. The van der Waals surface area contributed by atoms with Crippen LogP contribution in [0.1, 0.15) is 50.8 Å². The van der Waals surface area contributed by atoms with E-state index in [1.54, 1.807) is 19.4 Å². The maximum Gasteiger partial charge on any atom is 0.408 e. The summed E-state index contributed by atoms with van der Waals surface area (Å²) >= 11 is 14.0. The van der Waals surface area contributed by atoms with Gasteiger partial charge in [0, 0.05) is 23.4 Å². The van der Waals surface area contributed by atoms with Crippen molar-refractivity contribution in [2.75, 3.05) is 25.1 Å². The number of alkyl carbamates (subject to hydrolysis) is 1. The van der Waals surface area contributed by atoms with Crippen molar-refractivity contribution < 1.29 is 14.3 Å². The summed E-state index contributed by atoms with van der Waals surface area (Å²) in [5, 5.41) is 4.19. The number of anilines is 1.